The third-order valence-electron chi connectivity index (χ3n) is 6.68. The summed E-state index contributed by atoms with van der Waals surface area (Å²) < 4.78 is 47.7. The second kappa shape index (κ2) is 12.8. The first-order valence-electron chi connectivity index (χ1n) is 13.7. The predicted molar refractivity (Wildman–Crippen MR) is 160 cm³/mol. The van der Waals surface area contributed by atoms with Gasteiger partial charge in [-0.2, -0.15) is 0 Å². The summed E-state index contributed by atoms with van der Waals surface area (Å²) in [6, 6.07) is 13.5. The highest BCUT2D eigenvalue weighted by Gasteiger charge is 2.20. The van der Waals surface area contributed by atoms with Crippen molar-refractivity contribution in [3.63, 3.8) is 0 Å². The number of fused-ring (bicyclic) bond motifs is 1. The Labute approximate surface area is 250 Å². The first-order valence-corrected chi connectivity index (χ1v) is 13.7. The van der Waals surface area contributed by atoms with Crippen LogP contribution in [0.15, 0.2) is 82.6 Å². The van der Waals surface area contributed by atoms with E-state index >= 15 is 4.39 Å². The Morgan fingerprint density at radius 2 is 1.70 bits per heavy atom. The summed E-state index contributed by atoms with van der Waals surface area (Å²) in [7, 11) is 1.51. The number of anilines is 1. The molecule has 5 aromatic rings. The lowest BCUT2D eigenvalue weighted by atomic mass is 10.1. The number of aryl methyl sites for hydroxylation is 1. The number of halogens is 2. The first-order chi connectivity index (χ1) is 21.2. The topological polar surface area (TPSA) is 114 Å². The van der Waals surface area contributed by atoms with Crippen molar-refractivity contribution in [1.29, 1.82) is 0 Å². The van der Waals surface area contributed by atoms with Gasteiger partial charge < -0.3 is 19.5 Å². The lowest BCUT2D eigenvalue weighted by Gasteiger charge is -2.14. The number of pyridine rings is 1. The second-order valence-electron chi connectivity index (χ2n) is 9.61. The van der Waals surface area contributed by atoms with E-state index in [1.54, 1.807) is 25.1 Å². The minimum absolute atomic E-state index is 0.0424. The number of carbonyl (C=O) groups is 1. The lowest BCUT2D eigenvalue weighted by molar-refractivity contribution is 0.102. The highest BCUT2D eigenvalue weighted by Crippen LogP contribution is 2.38. The number of nitrogens with one attached hydrogen (secondary N) is 1. The van der Waals surface area contributed by atoms with Gasteiger partial charge in [-0.1, -0.05) is 6.92 Å². The molecule has 0 saturated heterocycles. The number of nitrogens with zero attached hydrogens (tertiary/aromatic N) is 3. The maximum Gasteiger partial charge on any atom is 0.335 e. The molecule has 0 aliphatic heterocycles. The Balaban J connectivity index is 1.42. The summed E-state index contributed by atoms with van der Waals surface area (Å²) in [5, 5.41) is 3.06. The molecule has 226 valence electrons. The third kappa shape index (κ3) is 6.00. The van der Waals surface area contributed by atoms with Crippen molar-refractivity contribution < 1.29 is 27.8 Å². The maximum absolute atomic E-state index is 15.2. The van der Waals surface area contributed by atoms with E-state index in [1.807, 2.05) is 6.92 Å². The quantitative estimate of drug-likeness (QED) is 0.219. The smallest absolute Gasteiger partial charge is 0.335 e. The zero-order valence-corrected chi connectivity index (χ0v) is 24.1. The standard InChI is InChI=1S/C32H28F2N4O6/c1-4-14-43-29-17-25-22(16-28(29)42-3)26(12-13-35-25)44-27-11-8-20(15-24(27)34)36-30(39)23-18-37(5-2)32(41)38(31(23)40)21-9-6-19(33)7-10-21/h6-13,15-18H,4-5,14H2,1-3H3,(H,36,39). The van der Waals surface area contributed by atoms with Gasteiger partial charge in [0.05, 0.1) is 24.9 Å². The Morgan fingerprint density at radius 3 is 2.39 bits per heavy atom. The molecule has 0 unspecified atom stereocenters. The maximum atomic E-state index is 15.2. The largest absolute Gasteiger partial charge is 0.493 e. The highest BCUT2D eigenvalue weighted by molar-refractivity contribution is 6.04. The molecule has 0 saturated carbocycles. The molecule has 0 fully saturated rings. The number of aromatic nitrogens is 3. The summed E-state index contributed by atoms with van der Waals surface area (Å²) >= 11 is 0. The molecule has 0 aliphatic rings. The molecule has 1 amide bonds. The molecule has 3 aromatic carbocycles. The Kier molecular flexibility index (Phi) is 8.70. The van der Waals surface area contributed by atoms with Crippen LogP contribution in [-0.2, 0) is 6.54 Å². The van der Waals surface area contributed by atoms with Gasteiger partial charge in [-0.3, -0.25) is 19.1 Å². The molecular formula is C32H28F2N4O6. The number of hydrogen-bond acceptors (Lipinski definition) is 7. The average molecular weight is 603 g/mol. The van der Waals surface area contributed by atoms with E-state index in [2.05, 4.69) is 10.3 Å². The van der Waals surface area contributed by atoms with Gasteiger partial charge in [-0.25, -0.2) is 18.1 Å². The van der Waals surface area contributed by atoms with E-state index in [9.17, 15) is 18.8 Å². The molecule has 44 heavy (non-hydrogen) atoms. The van der Waals surface area contributed by atoms with E-state index in [0.29, 0.717) is 34.8 Å². The van der Waals surface area contributed by atoms with Gasteiger partial charge >= 0.3 is 5.69 Å². The van der Waals surface area contributed by atoms with Crippen LogP contribution >= 0.6 is 0 Å². The van der Waals surface area contributed by atoms with Gasteiger partial charge in [0.2, 0.25) is 0 Å². The summed E-state index contributed by atoms with van der Waals surface area (Å²) in [5.41, 5.74) is -1.28. The minimum Gasteiger partial charge on any atom is -0.493 e. The Morgan fingerprint density at radius 1 is 0.932 bits per heavy atom. The Hall–Kier alpha value is -5.52. The number of hydrogen-bond donors (Lipinski definition) is 1. The number of benzene rings is 3. The Bertz CT molecular complexity index is 1970. The summed E-state index contributed by atoms with van der Waals surface area (Å²) in [6.45, 7) is 4.31. The number of ether oxygens (including phenoxy) is 3. The molecule has 0 atom stereocenters. The molecule has 1 N–H and O–H groups in total. The van der Waals surface area contributed by atoms with Crippen molar-refractivity contribution in [3.05, 3.63) is 111 Å². The highest BCUT2D eigenvalue weighted by atomic mass is 19.1. The predicted octanol–water partition coefficient (Wildman–Crippen LogP) is 5.69. The molecular weight excluding hydrogens is 574 g/mol. The van der Waals surface area contributed by atoms with Gasteiger partial charge in [0.25, 0.3) is 11.5 Å². The fraction of sp³-hybridized carbons (Fsp3) is 0.188. The van der Waals surface area contributed by atoms with Crippen molar-refractivity contribution in [2.45, 2.75) is 26.8 Å². The van der Waals surface area contributed by atoms with Crippen LogP contribution in [0.4, 0.5) is 14.5 Å². The molecule has 10 nitrogen and oxygen atoms in total. The lowest BCUT2D eigenvalue weighted by Crippen LogP contribution is -2.42. The van der Waals surface area contributed by atoms with Gasteiger partial charge in [0, 0.05) is 42.1 Å². The molecule has 12 heteroatoms. The monoisotopic (exact) mass is 602 g/mol. The van der Waals surface area contributed by atoms with Crippen molar-refractivity contribution in [2.75, 3.05) is 19.0 Å². The van der Waals surface area contributed by atoms with E-state index in [0.717, 1.165) is 35.4 Å². The van der Waals surface area contributed by atoms with Crippen molar-refractivity contribution >= 4 is 22.5 Å². The number of amides is 1. The van der Waals surface area contributed by atoms with E-state index in [1.165, 1.54) is 42.1 Å². The van der Waals surface area contributed by atoms with Gasteiger partial charge in [0.1, 0.15) is 17.1 Å². The SMILES string of the molecule is CCCOc1cc2nccc(Oc3ccc(NC(=O)c4cn(CC)c(=O)n(-c5ccc(F)cc5)c4=O)cc3F)c2cc1OC. The zero-order valence-electron chi connectivity index (χ0n) is 24.1. The second-order valence-corrected chi connectivity index (χ2v) is 9.61. The molecule has 2 heterocycles. The molecule has 0 radical (unpaired) electrons. The molecule has 0 aliphatic carbocycles. The van der Waals surface area contributed by atoms with Crippen LogP contribution in [0.25, 0.3) is 16.6 Å². The van der Waals surface area contributed by atoms with Gasteiger partial charge in [-0.15, -0.1) is 0 Å². The van der Waals surface area contributed by atoms with Crippen LogP contribution in [0.5, 0.6) is 23.0 Å². The van der Waals surface area contributed by atoms with E-state index < -0.39 is 28.8 Å². The van der Waals surface area contributed by atoms with Crippen LogP contribution in [0, 0.1) is 11.6 Å². The fourth-order valence-electron chi connectivity index (χ4n) is 4.48. The average Bonchev–Trinajstić information content (AvgIpc) is 3.02. The van der Waals surface area contributed by atoms with Crippen molar-refractivity contribution in [3.8, 4) is 28.7 Å². The normalized spacial score (nSPS) is 10.9. The first kappa shape index (κ1) is 30.0. The summed E-state index contributed by atoms with van der Waals surface area (Å²) in [6.07, 6.45) is 3.47. The van der Waals surface area contributed by atoms with Gasteiger partial charge in [0.15, 0.2) is 23.1 Å². The fourth-order valence-corrected chi connectivity index (χ4v) is 4.48. The summed E-state index contributed by atoms with van der Waals surface area (Å²) in [4.78, 5) is 43.6. The van der Waals surface area contributed by atoms with Crippen LogP contribution in [0.2, 0.25) is 0 Å². The molecule has 5 rings (SSSR count). The van der Waals surface area contributed by atoms with Crippen molar-refractivity contribution in [2.24, 2.45) is 0 Å². The van der Waals surface area contributed by atoms with Gasteiger partial charge in [-0.05, 0) is 61.9 Å². The summed E-state index contributed by atoms with van der Waals surface area (Å²) in [5.74, 6) is -1.02. The van der Waals surface area contributed by atoms with E-state index in [4.69, 9.17) is 14.2 Å². The molecule has 0 bridgehead atoms. The number of rotatable bonds is 10. The third-order valence-corrected chi connectivity index (χ3v) is 6.68. The van der Waals surface area contributed by atoms with Crippen LogP contribution in [-0.4, -0.2) is 33.7 Å². The number of methoxy groups -OCH3 is 1. The van der Waals surface area contributed by atoms with Crippen LogP contribution in [0.1, 0.15) is 30.6 Å². The van der Waals surface area contributed by atoms with Crippen LogP contribution < -0.4 is 30.8 Å². The van der Waals surface area contributed by atoms with Crippen molar-refractivity contribution in [1.82, 2.24) is 14.1 Å². The number of carbonyl (C=O) groups excluding carboxylic acids is 1. The van der Waals surface area contributed by atoms with Crippen LogP contribution in [0.3, 0.4) is 0 Å². The van der Waals surface area contributed by atoms with E-state index in [-0.39, 0.29) is 29.2 Å². The molecule has 0 spiro atoms. The molecule has 2 aromatic heterocycles. The minimum atomic E-state index is -0.910. The zero-order chi connectivity index (χ0) is 31.4.